The van der Waals surface area contributed by atoms with Gasteiger partial charge in [0.2, 0.25) is 0 Å². The summed E-state index contributed by atoms with van der Waals surface area (Å²) < 4.78 is 5.26. The Bertz CT molecular complexity index is 292. The monoisotopic (exact) mass is 301 g/mol. The minimum absolute atomic E-state index is 0.138. The van der Waals surface area contributed by atoms with Crippen LogP contribution in [0.2, 0.25) is 0 Å². The van der Waals surface area contributed by atoms with Crippen LogP contribution in [0.15, 0.2) is 0 Å². The Morgan fingerprint density at radius 1 is 1.05 bits per heavy atom. The number of nitrogens with zero attached hydrogens (tertiary/aromatic N) is 1. The Kier molecular flexibility index (Phi) is 12.0. The summed E-state index contributed by atoms with van der Waals surface area (Å²) in [6.45, 7) is 2.63. The van der Waals surface area contributed by atoms with Crippen LogP contribution in [0.1, 0.15) is 64.7 Å². The van der Waals surface area contributed by atoms with E-state index in [9.17, 15) is 9.59 Å². The second-order valence-electron chi connectivity index (χ2n) is 5.84. The maximum Gasteiger partial charge on any atom is 0.307 e. The molecule has 1 N–H and O–H groups in total. The lowest BCUT2D eigenvalue weighted by Gasteiger charge is -2.20. The number of rotatable bonds is 13. The van der Waals surface area contributed by atoms with Gasteiger partial charge < -0.3 is 14.7 Å². The summed E-state index contributed by atoms with van der Waals surface area (Å²) in [4.78, 5) is 24.3. The third-order valence-electron chi connectivity index (χ3n) is 3.25. The average molecular weight is 301 g/mol. The highest BCUT2D eigenvalue weighted by Crippen LogP contribution is 2.10. The minimum Gasteiger partial charge on any atom is -0.481 e. The molecule has 0 aromatic heterocycles. The predicted octanol–water partition coefficient (Wildman–Crippen LogP) is 3.08. The van der Waals surface area contributed by atoms with Crippen molar-refractivity contribution in [2.45, 2.75) is 70.8 Å². The van der Waals surface area contributed by atoms with Crippen molar-refractivity contribution in [3.8, 4) is 0 Å². The van der Waals surface area contributed by atoms with E-state index in [0.29, 0.717) is 13.0 Å². The molecule has 0 radical (unpaired) electrons. The number of hydrogen-bond acceptors (Lipinski definition) is 4. The summed E-state index contributed by atoms with van der Waals surface area (Å²) in [7, 11) is 3.66. The van der Waals surface area contributed by atoms with Crippen molar-refractivity contribution in [1.29, 1.82) is 0 Å². The molecule has 5 heteroatoms. The summed E-state index contributed by atoms with van der Waals surface area (Å²) in [6.07, 6.45) is 7.72. The lowest BCUT2D eigenvalue weighted by molar-refractivity contribution is -0.153. The molecule has 0 fully saturated rings. The largest absolute Gasteiger partial charge is 0.481 e. The molecule has 0 aliphatic rings. The number of carbonyl (C=O) groups is 2. The Morgan fingerprint density at radius 3 is 2.14 bits per heavy atom. The molecule has 0 saturated carbocycles. The number of carbonyl (C=O) groups excluding carboxylic acids is 1. The summed E-state index contributed by atoms with van der Waals surface area (Å²) in [5, 5.41) is 8.82. The number of carboxylic acid groups (broad SMARTS) is 1. The van der Waals surface area contributed by atoms with Gasteiger partial charge in [-0.1, -0.05) is 45.4 Å². The lowest BCUT2D eigenvalue weighted by Crippen LogP contribution is -2.32. The number of aliphatic carboxylic acids is 1. The van der Waals surface area contributed by atoms with Crippen molar-refractivity contribution in [3.05, 3.63) is 0 Å². The van der Waals surface area contributed by atoms with Crippen LogP contribution in [0.5, 0.6) is 0 Å². The summed E-state index contributed by atoms with van der Waals surface area (Å²) in [5.41, 5.74) is 0. The molecular formula is C16H31NO4. The third-order valence-corrected chi connectivity index (χ3v) is 3.25. The number of unbranched alkanes of at least 4 members (excludes halogenated alkanes) is 6. The smallest absolute Gasteiger partial charge is 0.307 e. The van der Waals surface area contributed by atoms with Gasteiger partial charge in [0.1, 0.15) is 6.10 Å². The number of hydrogen-bond donors (Lipinski definition) is 1. The van der Waals surface area contributed by atoms with Crippen molar-refractivity contribution in [2.24, 2.45) is 0 Å². The van der Waals surface area contributed by atoms with Crippen molar-refractivity contribution in [1.82, 2.24) is 4.90 Å². The molecule has 0 spiro atoms. The van der Waals surface area contributed by atoms with E-state index in [1.165, 1.54) is 25.7 Å². The van der Waals surface area contributed by atoms with Gasteiger partial charge in [0.25, 0.3) is 0 Å². The van der Waals surface area contributed by atoms with Gasteiger partial charge in [0, 0.05) is 13.0 Å². The fraction of sp³-hybridized carbons (Fsp3) is 0.875. The van der Waals surface area contributed by atoms with Crippen molar-refractivity contribution >= 4 is 11.9 Å². The van der Waals surface area contributed by atoms with Gasteiger partial charge in [0.15, 0.2) is 0 Å². The van der Waals surface area contributed by atoms with Gasteiger partial charge in [0.05, 0.1) is 6.42 Å². The predicted molar refractivity (Wildman–Crippen MR) is 83.3 cm³/mol. The molecule has 124 valence electrons. The first-order valence-corrected chi connectivity index (χ1v) is 8.01. The zero-order valence-corrected chi connectivity index (χ0v) is 13.8. The molecule has 0 bridgehead atoms. The van der Waals surface area contributed by atoms with E-state index in [-0.39, 0.29) is 12.4 Å². The second kappa shape index (κ2) is 12.6. The Hall–Kier alpha value is -1.10. The van der Waals surface area contributed by atoms with Gasteiger partial charge in [-0.15, -0.1) is 0 Å². The first-order chi connectivity index (χ1) is 9.95. The van der Waals surface area contributed by atoms with Crippen LogP contribution in [0.3, 0.4) is 0 Å². The summed E-state index contributed by atoms with van der Waals surface area (Å²) >= 11 is 0. The standard InChI is InChI=1S/C16H31NO4/c1-4-5-6-7-8-9-10-11-16(20)21-14(12-15(18)19)13-17(2)3/h14H,4-13H2,1-3H3,(H,18,19). The molecule has 0 aromatic carbocycles. The number of likely N-dealkylation sites (N-methyl/N-ethyl adjacent to an activating group) is 1. The lowest BCUT2D eigenvalue weighted by atomic mass is 10.1. The van der Waals surface area contributed by atoms with Gasteiger partial charge in [-0.3, -0.25) is 9.59 Å². The van der Waals surface area contributed by atoms with Crippen molar-refractivity contribution in [3.63, 3.8) is 0 Å². The number of esters is 1. The fourth-order valence-corrected chi connectivity index (χ4v) is 2.22. The first-order valence-electron chi connectivity index (χ1n) is 8.01. The summed E-state index contributed by atoms with van der Waals surface area (Å²) in [5.74, 6) is -1.22. The molecule has 1 unspecified atom stereocenters. The maximum absolute atomic E-state index is 11.7. The topological polar surface area (TPSA) is 66.8 Å². The van der Waals surface area contributed by atoms with Crippen LogP contribution in [0.4, 0.5) is 0 Å². The highest BCUT2D eigenvalue weighted by molar-refractivity contribution is 5.71. The van der Waals surface area contributed by atoms with Gasteiger partial charge in [-0.25, -0.2) is 0 Å². The SMILES string of the molecule is CCCCCCCCCC(=O)OC(CC(=O)O)CN(C)C. The quantitative estimate of drug-likeness (QED) is 0.418. The fourth-order valence-electron chi connectivity index (χ4n) is 2.22. The molecular weight excluding hydrogens is 270 g/mol. The van der Waals surface area contributed by atoms with Gasteiger partial charge >= 0.3 is 11.9 Å². The van der Waals surface area contributed by atoms with Crippen LogP contribution in [0.25, 0.3) is 0 Å². The molecule has 1 atom stereocenters. The van der Waals surface area contributed by atoms with Crippen LogP contribution in [-0.4, -0.2) is 48.7 Å². The maximum atomic E-state index is 11.7. The molecule has 0 saturated heterocycles. The van der Waals surface area contributed by atoms with E-state index in [1.807, 2.05) is 19.0 Å². The zero-order valence-electron chi connectivity index (χ0n) is 13.8. The van der Waals surface area contributed by atoms with E-state index in [4.69, 9.17) is 9.84 Å². The van der Waals surface area contributed by atoms with E-state index in [0.717, 1.165) is 19.3 Å². The van der Waals surface area contributed by atoms with Crippen LogP contribution in [0, 0.1) is 0 Å². The second-order valence-corrected chi connectivity index (χ2v) is 5.84. The normalized spacial score (nSPS) is 12.4. The molecule has 0 amide bonds. The molecule has 5 nitrogen and oxygen atoms in total. The highest BCUT2D eigenvalue weighted by Gasteiger charge is 2.18. The van der Waals surface area contributed by atoms with E-state index >= 15 is 0 Å². The van der Waals surface area contributed by atoms with Crippen molar-refractivity contribution in [2.75, 3.05) is 20.6 Å². The third kappa shape index (κ3) is 13.6. The van der Waals surface area contributed by atoms with Gasteiger partial charge in [-0.2, -0.15) is 0 Å². The summed E-state index contributed by atoms with van der Waals surface area (Å²) in [6, 6.07) is 0. The van der Waals surface area contributed by atoms with Crippen molar-refractivity contribution < 1.29 is 19.4 Å². The first kappa shape index (κ1) is 19.9. The number of ether oxygens (including phenoxy) is 1. The molecule has 0 aliphatic heterocycles. The Morgan fingerprint density at radius 2 is 1.62 bits per heavy atom. The molecule has 0 rings (SSSR count). The average Bonchev–Trinajstić information content (AvgIpc) is 2.36. The van der Waals surface area contributed by atoms with Gasteiger partial charge in [-0.05, 0) is 20.5 Å². The minimum atomic E-state index is -0.939. The van der Waals surface area contributed by atoms with E-state index in [2.05, 4.69) is 6.92 Å². The highest BCUT2D eigenvalue weighted by atomic mass is 16.5. The molecule has 0 aliphatic carbocycles. The number of carboxylic acids is 1. The van der Waals surface area contributed by atoms with Crippen LogP contribution >= 0.6 is 0 Å². The van der Waals surface area contributed by atoms with Crippen LogP contribution in [-0.2, 0) is 14.3 Å². The van der Waals surface area contributed by atoms with Crippen LogP contribution < -0.4 is 0 Å². The molecule has 21 heavy (non-hydrogen) atoms. The zero-order chi connectivity index (χ0) is 16.1. The molecule has 0 aromatic rings. The van der Waals surface area contributed by atoms with E-state index in [1.54, 1.807) is 0 Å². The Balaban J connectivity index is 3.79. The Labute approximate surface area is 128 Å². The molecule has 0 heterocycles. The van der Waals surface area contributed by atoms with E-state index < -0.39 is 12.1 Å².